The van der Waals surface area contributed by atoms with Gasteiger partial charge in [-0.15, -0.1) is 0 Å². The van der Waals surface area contributed by atoms with E-state index < -0.39 is 0 Å². The van der Waals surface area contributed by atoms with Crippen LogP contribution in [-0.2, 0) is 6.54 Å². The number of aryl methyl sites for hydroxylation is 1. The quantitative estimate of drug-likeness (QED) is 0.446. The van der Waals surface area contributed by atoms with Crippen molar-refractivity contribution in [3.63, 3.8) is 0 Å². The Balaban J connectivity index is 1.63. The van der Waals surface area contributed by atoms with Crippen molar-refractivity contribution in [2.75, 3.05) is 39.2 Å². The smallest absolute Gasteiger partial charge is 0.253 e. The van der Waals surface area contributed by atoms with E-state index in [1.165, 1.54) is 6.42 Å². The highest BCUT2D eigenvalue weighted by atomic mass is 32.1. The van der Waals surface area contributed by atoms with Gasteiger partial charge in [0.2, 0.25) is 0 Å². The SMILES string of the molecule is CCN1CCC[C@H]1CN(Cc1cc2ccc(C)cc2[nH]c1=O)C(=S)Nc1ccc(OC)cc1OC. The van der Waals surface area contributed by atoms with Crippen LogP contribution in [-0.4, -0.2) is 59.8 Å². The van der Waals surface area contributed by atoms with E-state index in [2.05, 4.69) is 33.1 Å². The first kappa shape index (κ1) is 25.0. The lowest BCUT2D eigenvalue weighted by Crippen LogP contribution is -2.44. The Morgan fingerprint density at radius 2 is 2.03 bits per heavy atom. The van der Waals surface area contributed by atoms with Gasteiger partial charge in [-0.2, -0.15) is 0 Å². The van der Waals surface area contributed by atoms with E-state index in [-0.39, 0.29) is 5.56 Å². The highest BCUT2D eigenvalue weighted by Crippen LogP contribution is 2.29. The topological polar surface area (TPSA) is 69.8 Å². The van der Waals surface area contributed by atoms with E-state index in [1.807, 2.05) is 43.3 Å². The summed E-state index contributed by atoms with van der Waals surface area (Å²) in [6.07, 6.45) is 2.29. The van der Waals surface area contributed by atoms with Gasteiger partial charge in [0.05, 0.1) is 26.5 Å². The van der Waals surface area contributed by atoms with E-state index >= 15 is 0 Å². The van der Waals surface area contributed by atoms with Crippen molar-refractivity contribution >= 4 is 33.9 Å². The number of anilines is 1. The average molecular weight is 495 g/mol. The summed E-state index contributed by atoms with van der Waals surface area (Å²) in [5.74, 6) is 1.35. The first-order valence-electron chi connectivity index (χ1n) is 12.1. The molecule has 0 aliphatic carbocycles. The van der Waals surface area contributed by atoms with Gasteiger partial charge >= 0.3 is 0 Å². The van der Waals surface area contributed by atoms with Gasteiger partial charge in [-0.05, 0) is 80.3 Å². The fourth-order valence-corrected chi connectivity index (χ4v) is 5.02. The molecule has 0 bridgehead atoms. The number of nitrogens with one attached hydrogen (secondary N) is 2. The number of likely N-dealkylation sites (N-methyl/N-ethyl adjacent to an activating group) is 1. The van der Waals surface area contributed by atoms with Crippen molar-refractivity contribution in [3.8, 4) is 11.5 Å². The average Bonchev–Trinajstić information content (AvgIpc) is 3.31. The molecule has 1 aromatic heterocycles. The number of aromatic amines is 1. The maximum atomic E-state index is 13.0. The van der Waals surface area contributed by atoms with Crippen molar-refractivity contribution in [2.45, 2.75) is 39.3 Å². The summed E-state index contributed by atoms with van der Waals surface area (Å²) in [6.45, 7) is 7.46. The highest BCUT2D eigenvalue weighted by molar-refractivity contribution is 7.80. The molecule has 2 heterocycles. The number of methoxy groups -OCH3 is 2. The summed E-state index contributed by atoms with van der Waals surface area (Å²) in [7, 11) is 3.24. The molecule has 35 heavy (non-hydrogen) atoms. The number of hydrogen-bond donors (Lipinski definition) is 2. The molecule has 1 aliphatic heterocycles. The third-order valence-corrected chi connectivity index (χ3v) is 7.07. The van der Waals surface area contributed by atoms with E-state index in [9.17, 15) is 4.79 Å². The summed E-state index contributed by atoms with van der Waals surface area (Å²) < 4.78 is 10.9. The van der Waals surface area contributed by atoms with Gasteiger partial charge in [-0.25, -0.2) is 0 Å². The number of thiocarbonyl (C=S) groups is 1. The second kappa shape index (κ2) is 11.1. The van der Waals surface area contributed by atoms with Gasteiger partial charge in [0, 0.05) is 29.7 Å². The summed E-state index contributed by atoms with van der Waals surface area (Å²) in [5.41, 5.74) is 3.32. The summed E-state index contributed by atoms with van der Waals surface area (Å²) in [4.78, 5) is 20.6. The number of ether oxygens (including phenoxy) is 2. The van der Waals surface area contributed by atoms with E-state index in [1.54, 1.807) is 14.2 Å². The largest absolute Gasteiger partial charge is 0.497 e. The molecule has 4 rings (SSSR count). The van der Waals surface area contributed by atoms with Crippen molar-refractivity contribution in [3.05, 3.63) is 63.9 Å². The number of likely N-dealkylation sites (tertiary alicyclic amines) is 1. The summed E-state index contributed by atoms with van der Waals surface area (Å²) in [6, 6.07) is 14.0. The minimum atomic E-state index is -0.0864. The molecule has 0 amide bonds. The zero-order valence-corrected chi connectivity index (χ0v) is 21.7. The predicted molar refractivity (Wildman–Crippen MR) is 146 cm³/mol. The van der Waals surface area contributed by atoms with E-state index in [0.29, 0.717) is 34.8 Å². The number of fused-ring (bicyclic) bond motifs is 1. The van der Waals surface area contributed by atoms with Crippen LogP contribution < -0.4 is 20.3 Å². The molecule has 0 radical (unpaired) electrons. The minimum absolute atomic E-state index is 0.0864. The zero-order valence-electron chi connectivity index (χ0n) is 20.9. The molecule has 8 heteroatoms. The van der Waals surface area contributed by atoms with Crippen LogP contribution in [0.25, 0.3) is 10.9 Å². The Bertz CT molecular complexity index is 1260. The maximum Gasteiger partial charge on any atom is 0.253 e. The van der Waals surface area contributed by atoms with Gasteiger partial charge < -0.3 is 24.7 Å². The van der Waals surface area contributed by atoms with Crippen molar-refractivity contribution in [2.24, 2.45) is 0 Å². The van der Waals surface area contributed by atoms with Crippen LogP contribution >= 0.6 is 12.2 Å². The van der Waals surface area contributed by atoms with Gasteiger partial charge in [-0.3, -0.25) is 9.69 Å². The molecule has 2 N–H and O–H groups in total. The van der Waals surface area contributed by atoms with Gasteiger partial charge in [0.25, 0.3) is 5.56 Å². The van der Waals surface area contributed by atoms with Crippen molar-refractivity contribution in [1.82, 2.24) is 14.8 Å². The predicted octanol–water partition coefficient (Wildman–Crippen LogP) is 4.54. The third-order valence-electron chi connectivity index (χ3n) is 6.71. The number of pyridine rings is 1. The van der Waals surface area contributed by atoms with Crippen molar-refractivity contribution < 1.29 is 9.47 Å². The molecule has 186 valence electrons. The number of aromatic nitrogens is 1. The molecule has 2 aromatic carbocycles. The molecule has 0 saturated carbocycles. The van der Waals surface area contributed by atoms with Crippen LogP contribution in [0, 0.1) is 6.92 Å². The first-order valence-corrected chi connectivity index (χ1v) is 12.5. The second-order valence-electron chi connectivity index (χ2n) is 9.02. The number of rotatable bonds is 8. The monoisotopic (exact) mass is 494 g/mol. The molecular formula is C27H34N4O3S. The second-order valence-corrected chi connectivity index (χ2v) is 9.40. The van der Waals surface area contributed by atoms with Crippen LogP contribution in [0.1, 0.15) is 30.9 Å². The lowest BCUT2D eigenvalue weighted by Gasteiger charge is -2.32. The first-order chi connectivity index (χ1) is 16.9. The van der Waals surface area contributed by atoms with Gasteiger partial charge in [0.1, 0.15) is 11.5 Å². The lowest BCUT2D eigenvalue weighted by atomic mass is 10.1. The van der Waals surface area contributed by atoms with Crippen LogP contribution in [0.3, 0.4) is 0 Å². The summed E-state index contributed by atoms with van der Waals surface area (Å²) >= 11 is 5.89. The molecule has 7 nitrogen and oxygen atoms in total. The molecule has 0 spiro atoms. The molecule has 1 aliphatic rings. The summed E-state index contributed by atoms with van der Waals surface area (Å²) in [5, 5.41) is 4.92. The van der Waals surface area contributed by atoms with Crippen LogP contribution in [0.2, 0.25) is 0 Å². The van der Waals surface area contributed by atoms with Gasteiger partial charge in [0.15, 0.2) is 5.11 Å². The fourth-order valence-electron chi connectivity index (χ4n) is 4.77. The Hall–Kier alpha value is -3.10. The Labute approximate surface area is 212 Å². The molecule has 0 unspecified atom stereocenters. The minimum Gasteiger partial charge on any atom is -0.497 e. The lowest BCUT2D eigenvalue weighted by molar-refractivity contribution is 0.221. The Kier molecular flexibility index (Phi) is 7.93. The van der Waals surface area contributed by atoms with Crippen molar-refractivity contribution in [1.29, 1.82) is 0 Å². The number of hydrogen-bond acceptors (Lipinski definition) is 5. The van der Waals surface area contributed by atoms with Gasteiger partial charge in [-0.1, -0.05) is 19.1 Å². The van der Waals surface area contributed by atoms with Crippen LogP contribution in [0.15, 0.2) is 47.3 Å². The van der Waals surface area contributed by atoms with E-state index in [4.69, 9.17) is 21.7 Å². The zero-order chi connectivity index (χ0) is 24.9. The number of nitrogens with zero attached hydrogens (tertiary/aromatic N) is 2. The number of H-pyrrole nitrogens is 1. The molecular weight excluding hydrogens is 460 g/mol. The fraction of sp³-hybridized carbons (Fsp3) is 0.407. The van der Waals surface area contributed by atoms with E-state index in [0.717, 1.165) is 48.2 Å². The molecule has 3 aromatic rings. The Morgan fingerprint density at radius 1 is 1.20 bits per heavy atom. The third kappa shape index (κ3) is 5.77. The molecule has 1 saturated heterocycles. The maximum absolute atomic E-state index is 13.0. The molecule has 1 fully saturated rings. The van der Waals surface area contributed by atoms with Crippen LogP contribution in [0.5, 0.6) is 11.5 Å². The standard InChI is InChI=1S/C27H34N4O3S/c1-5-30-12-6-7-21(30)17-31(27(35)29-23-11-10-22(33-3)15-25(23)34-4)16-20-14-19-9-8-18(2)13-24(19)28-26(20)32/h8-11,13-15,21H,5-7,12,16-17H2,1-4H3,(H,28,32)(H,29,35)/t21-/m0/s1. The van der Waals surface area contributed by atoms with Crippen LogP contribution in [0.4, 0.5) is 5.69 Å². The molecule has 1 atom stereocenters. The number of benzene rings is 2. The highest BCUT2D eigenvalue weighted by Gasteiger charge is 2.27. The Morgan fingerprint density at radius 3 is 2.77 bits per heavy atom. The normalized spacial score (nSPS) is 15.8.